The molecule has 0 aromatic carbocycles. The molecule has 0 saturated heterocycles. The number of hydrogen-bond acceptors (Lipinski definition) is 5. The maximum atomic E-state index is 11.6. The fourth-order valence-electron chi connectivity index (χ4n) is 1.48. The van der Waals surface area contributed by atoms with Crippen molar-refractivity contribution in [3.63, 3.8) is 0 Å². The third kappa shape index (κ3) is 2.87. The Hall–Kier alpha value is -1.87. The molecule has 1 heterocycles. The van der Waals surface area contributed by atoms with Crippen molar-refractivity contribution in [3.8, 4) is 6.07 Å². The summed E-state index contributed by atoms with van der Waals surface area (Å²) in [6.07, 6.45) is 1.88. The number of rotatable bonds is 4. The Bertz CT molecular complexity index is 526. The number of amides is 1. The number of hydrogen-bond donors (Lipinski definition) is 1. The van der Waals surface area contributed by atoms with Crippen molar-refractivity contribution in [2.45, 2.75) is 19.8 Å². The average molecular weight is 264 g/mol. The molecule has 18 heavy (non-hydrogen) atoms. The van der Waals surface area contributed by atoms with Crippen LogP contribution < -0.4 is 5.32 Å². The topological polar surface area (TPSA) is 79.2 Å². The maximum Gasteiger partial charge on any atom is 0.349 e. The Kier molecular flexibility index (Phi) is 3.63. The van der Waals surface area contributed by atoms with Crippen molar-refractivity contribution in [2.75, 3.05) is 11.9 Å². The van der Waals surface area contributed by atoms with Gasteiger partial charge in [0.05, 0.1) is 5.00 Å². The van der Waals surface area contributed by atoms with Crippen molar-refractivity contribution >= 4 is 28.2 Å². The van der Waals surface area contributed by atoms with E-state index in [0.29, 0.717) is 9.88 Å². The molecule has 1 amide bonds. The summed E-state index contributed by atoms with van der Waals surface area (Å²) >= 11 is 1.18. The van der Waals surface area contributed by atoms with Gasteiger partial charge in [0.1, 0.15) is 10.9 Å². The van der Waals surface area contributed by atoms with Crippen molar-refractivity contribution < 1.29 is 14.3 Å². The van der Waals surface area contributed by atoms with Gasteiger partial charge in [-0.25, -0.2) is 4.79 Å². The van der Waals surface area contributed by atoms with E-state index in [4.69, 9.17) is 10.00 Å². The van der Waals surface area contributed by atoms with E-state index < -0.39 is 5.97 Å². The molecule has 1 fully saturated rings. The van der Waals surface area contributed by atoms with Gasteiger partial charge in [-0.1, -0.05) is 0 Å². The minimum atomic E-state index is -0.522. The number of carbonyl (C=O) groups is 2. The zero-order valence-electron chi connectivity index (χ0n) is 9.86. The minimum Gasteiger partial charge on any atom is -0.446 e. The molecule has 0 atom stereocenters. The summed E-state index contributed by atoms with van der Waals surface area (Å²) < 4.78 is 4.73. The number of nitrogens with one attached hydrogen (secondary N) is 1. The predicted octanol–water partition coefficient (Wildman–Crippen LogP) is 2.09. The first-order chi connectivity index (χ1) is 8.61. The number of carbonyl (C=O) groups excluding carboxylic acids is 2. The predicted molar refractivity (Wildman–Crippen MR) is 66.3 cm³/mol. The van der Waals surface area contributed by atoms with Crippen LogP contribution in [0, 0.1) is 24.2 Å². The van der Waals surface area contributed by atoms with Crippen LogP contribution >= 0.6 is 11.3 Å². The molecule has 0 unspecified atom stereocenters. The van der Waals surface area contributed by atoms with E-state index in [1.54, 1.807) is 19.1 Å². The minimum absolute atomic E-state index is 0.00759. The number of anilines is 1. The second-order valence-corrected chi connectivity index (χ2v) is 5.17. The molecule has 1 aliphatic rings. The molecule has 0 bridgehead atoms. The van der Waals surface area contributed by atoms with Crippen molar-refractivity contribution in [3.05, 3.63) is 16.5 Å². The average Bonchev–Trinajstić information content (AvgIpc) is 3.11. The summed E-state index contributed by atoms with van der Waals surface area (Å²) in [4.78, 5) is 23.6. The van der Waals surface area contributed by atoms with Gasteiger partial charge in [0.15, 0.2) is 6.61 Å². The second kappa shape index (κ2) is 5.19. The van der Waals surface area contributed by atoms with Gasteiger partial charge < -0.3 is 10.1 Å². The lowest BCUT2D eigenvalue weighted by Gasteiger charge is -1.99. The largest absolute Gasteiger partial charge is 0.446 e. The zero-order valence-corrected chi connectivity index (χ0v) is 10.7. The summed E-state index contributed by atoms with van der Waals surface area (Å²) in [5.41, 5.74) is 0.744. The van der Waals surface area contributed by atoms with Crippen LogP contribution in [0.4, 0.5) is 5.00 Å². The van der Waals surface area contributed by atoms with E-state index in [1.807, 2.05) is 0 Å². The van der Waals surface area contributed by atoms with Gasteiger partial charge in [-0.2, -0.15) is 5.26 Å². The molecule has 94 valence electrons. The van der Waals surface area contributed by atoms with E-state index >= 15 is 0 Å². The van der Waals surface area contributed by atoms with Crippen LogP contribution in [0.2, 0.25) is 0 Å². The van der Waals surface area contributed by atoms with Gasteiger partial charge in [0.25, 0.3) is 0 Å². The van der Waals surface area contributed by atoms with Crippen LogP contribution in [-0.4, -0.2) is 18.5 Å². The molecule has 1 aromatic rings. The monoisotopic (exact) mass is 264 g/mol. The Balaban J connectivity index is 2.04. The quantitative estimate of drug-likeness (QED) is 0.844. The van der Waals surface area contributed by atoms with E-state index in [0.717, 1.165) is 18.4 Å². The van der Waals surface area contributed by atoms with Crippen molar-refractivity contribution in [2.24, 2.45) is 5.92 Å². The fourth-order valence-corrected chi connectivity index (χ4v) is 2.45. The molecule has 0 radical (unpaired) electrons. The van der Waals surface area contributed by atoms with Gasteiger partial charge in [-0.15, -0.1) is 11.3 Å². The molecule has 0 aliphatic heterocycles. The highest BCUT2D eigenvalue weighted by Crippen LogP contribution is 2.32. The molecule has 1 N–H and O–H groups in total. The smallest absolute Gasteiger partial charge is 0.349 e. The molecule has 2 rings (SSSR count). The fraction of sp³-hybridized carbons (Fsp3) is 0.417. The summed E-state index contributed by atoms with van der Waals surface area (Å²) in [6.45, 7) is 1.51. The summed E-state index contributed by atoms with van der Waals surface area (Å²) in [5.74, 6) is -0.388. The number of nitrogens with zero attached hydrogens (tertiary/aromatic N) is 1. The third-order valence-electron chi connectivity index (χ3n) is 2.57. The summed E-state index contributed by atoms with van der Waals surface area (Å²) in [6, 6.07) is 3.49. The molecule has 1 saturated carbocycles. The lowest BCUT2D eigenvalue weighted by atomic mass is 10.3. The van der Waals surface area contributed by atoms with E-state index in [-0.39, 0.29) is 18.4 Å². The molecule has 0 spiro atoms. The van der Waals surface area contributed by atoms with E-state index in [1.165, 1.54) is 11.3 Å². The molecular weight excluding hydrogens is 252 g/mol. The summed E-state index contributed by atoms with van der Waals surface area (Å²) in [7, 11) is 0. The maximum absolute atomic E-state index is 11.6. The summed E-state index contributed by atoms with van der Waals surface area (Å²) in [5, 5.41) is 11.8. The highest BCUT2D eigenvalue weighted by molar-refractivity contribution is 7.18. The van der Waals surface area contributed by atoms with Crippen molar-refractivity contribution in [1.29, 1.82) is 5.26 Å². The van der Waals surface area contributed by atoms with E-state index in [2.05, 4.69) is 5.32 Å². The Morgan fingerprint density at radius 3 is 2.94 bits per heavy atom. The Morgan fingerprint density at radius 2 is 2.33 bits per heavy atom. The first kappa shape index (κ1) is 12.6. The van der Waals surface area contributed by atoms with Gasteiger partial charge in [0, 0.05) is 5.92 Å². The molecule has 1 aliphatic carbocycles. The van der Waals surface area contributed by atoms with E-state index in [9.17, 15) is 9.59 Å². The van der Waals surface area contributed by atoms with Gasteiger partial charge >= 0.3 is 5.97 Å². The van der Waals surface area contributed by atoms with Crippen LogP contribution in [0.5, 0.6) is 0 Å². The van der Waals surface area contributed by atoms with Crippen LogP contribution in [0.25, 0.3) is 0 Å². The van der Waals surface area contributed by atoms with Gasteiger partial charge in [-0.3, -0.25) is 4.79 Å². The van der Waals surface area contributed by atoms with Gasteiger partial charge in [0.2, 0.25) is 5.91 Å². The highest BCUT2D eigenvalue weighted by atomic mass is 32.1. The number of ether oxygens (including phenoxy) is 1. The highest BCUT2D eigenvalue weighted by Gasteiger charge is 2.30. The normalized spacial score (nSPS) is 13.8. The van der Waals surface area contributed by atoms with Crippen molar-refractivity contribution in [1.82, 2.24) is 0 Å². The first-order valence-electron chi connectivity index (χ1n) is 5.57. The number of thiophene rings is 1. The Morgan fingerprint density at radius 1 is 1.61 bits per heavy atom. The van der Waals surface area contributed by atoms with Crippen LogP contribution in [-0.2, 0) is 9.53 Å². The molecule has 1 aromatic heterocycles. The Labute approximate surface area is 108 Å². The third-order valence-corrected chi connectivity index (χ3v) is 3.70. The second-order valence-electron chi connectivity index (χ2n) is 4.12. The van der Waals surface area contributed by atoms with Crippen LogP contribution in [0.3, 0.4) is 0 Å². The molecule has 6 heteroatoms. The van der Waals surface area contributed by atoms with Gasteiger partial charge in [-0.05, 0) is 31.4 Å². The molecule has 5 nitrogen and oxygen atoms in total. The molecular formula is C12H12N2O3S. The number of esters is 1. The number of aryl methyl sites for hydroxylation is 1. The standard InChI is InChI=1S/C12H12N2O3S/c1-7-6-9(14-11(15)8-2-3-8)18-10(7)12(16)17-5-4-13/h6,8H,2-3,5H2,1H3,(H,14,15). The lowest BCUT2D eigenvalue weighted by molar-refractivity contribution is -0.117. The number of nitriles is 1. The lowest BCUT2D eigenvalue weighted by Crippen LogP contribution is -2.12. The van der Waals surface area contributed by atoms with Crippen LogP contribution in [0.15, 0.2) is 6.07 Å². The van der Waals surface area contributed by atoms with Crippen LogP contribution in [0.1, 0.15) is 28.1 Å². The first-order valence-corrected chi connectivity index (χ1v) is 6.39. The SMILES string of the molecule is Cc1cc(NC(=O)C2CC2)sc1C(=O)OCC#N. The zero-order chi connectivity index (χ0) is 13.1.